The first-order valence-electron chi connectivity index (χ1n) is 11.8. The van der Waals surface area contributed by atoms with Crippen molar-refractivity contribution in [1.82, 2.24) is 14.9 Å². The standard InChI is InChI=1S/C25H28N8O6S/c1-12(40(4,36)37)18-22(34)30-19-21(29-18)31-25(38-15-7-5-6-14(10-15)24(35)33(2)3)32-23(19)39-17-11-13(20(27)28)8-9-16(17)26/h5-12,18H,26H2,1-4H3,(H3,27,28)(H,30,34)(H,29,31,32). The van der Waals surface area contributed by atoms with Gasteiger partial charge in [-0.3, -0.25) is 15.0 Å². The molecule has 1 aliphatic rings. The Labute approximate surface area is 230 Å². The quantitative estimate of drug-likeness (QED) is 0.150. The molecule has 0 radical (unpaired) electrons. The number of rotatable bonds is 8. The van der Waals surface area contributed by atoms with Crippen molar-refractivity contribution in [3.63, 3.8) is 0 Å². The molecule has 0 saturated heterocycles. The van der Waals surface area contributed by atoms with Crippen LogP contribution in [0.3, 0.4) is 0 Å². The molecule has 2 atom stereocenters. The lowest BCUT2D eigenvalue weighted by Gasteiger charge is -2.30. The molecule has 0 saturated carbocycles. The second-order valence-corrected chi connectivity index (χ2v) is 11.7. The Morgan fingerprint density at radius 3 is 2.50 bits per heavy atom. The minimum absolute atomic E-state index is 0.0125. The lowest BCUT2D eigenvalue weighted by molar-refractivity contribution is -0.117. The molecule has 14 nitrogen and oxygen atoms in total. The minimum atomic E-state index is -3.61. The van der Waals surface area contributed by atoms with Crippen LogP contribution in [0.1, 0.15) is 22.8 Å². The van der Waals surface area contributed by atoms with Crippen LogP contribution in [0.2, 0.25) is 0 Å². The van der Waals surface area contributed by atoms with Crippen LogP contribution in [0.5, 0.6) is 23.4 Å². The molecule has 0 fully saturated rings. The lowest BCUT2D eigenvalue weighted by Crippen LogP contribution is -2.48. The fourth-order valence-corrected chi connectivity index (χ4v) is 4.39. The van der Waals surface area contributed by atoms with E-state index in [-0.39, 0.29) is 52.3 Å². The van der Waals surface area contributed by atoms with Gasteiger partial charge in [0, 0.05) is 31.5 Å². The highest BCUT2D eigenvalue weighted by atomic mass is 32.2. The normalized spacial score (nSPS) is 15.2. The topological polar surface area (TPSA) is 216 Å². The van der Waals surface area contributed by atoms with Gasteiger partial charge in [-0.25, -0.2) is 8.42 Å². The van der Waals surface area contributed by atoms with E-state index in [0.717, 1.165) is 6.26 Å². The number of nitrogens with zero attached hydrogens (tertiary/aromatic N) is 3. The van der Waals surface area contributed by atoms with Gasteiger partial charge in [0.05, 0.1) is 10.9 Å². The van der Waals surface area contributed by atoms with Crippen molar-refractivity contribution >= 4 is 44.7 Å². The van der Waals surface area contributed by atoms with Gasteiger partial charge in [-0.1, -0.05) is 6.07 Å². The number of hydrogen-bond donors (Lipinski definition) is 5. The molecule has 0 bridgehead atoms. The smallest absolute Gasteiger partial charge is 0.327 e. The van der Waals surface area contributed by atoms with Crippen LogP contribution in [0.15, 0.2) is 42.5 Å². The molecule has 2 amide bonds. The molecule has 1 aromatic heterocycles. The zero-order valence-electron chi connectivity index (χ0n) is 22.1. The SMILES string of the molecule is CC(C1Nc2nc(Oc3cccc(C(=O)N(C)C)c3)nc(Oc3cc(C(=N)N)ccc3N)c2NC1=O)S(C)(=O)=O. The van der Waals surface area contributed by atoms with E-state index in [9.17, 15) is 18.0 Å². The van der Waals surface area contributed by atoms with Crippen molar-refractivity contribution in [2.24, 2.45) is 5.73 Å². The Morgan fingerprint density at radius 2 is 1.85 bits per heavy atom. The molecule has 2 heterocycles. The number of fused-ring (bicyclic) bond motifs is 1. The maximum absolute atomic E-state index is 12.9. The number of nitrogens with one attached hydrogen (secondary N) is 3. The van der Waals surface area contributed by atoms with Crippen LogP contribution >= 0.6 is 0 Å². The Morgan fingerprint density at radius 1 is 1.12 bits per heavy atom. The Bertz CT molecular complexity index is 1630. The van der Waals surface area contributed by atoms with E-state index in [2.05, 4.69) is 20.6 Å². The second-order valence-electron chi connectivity index (χ2n) is 9.28. The summed E-state index contributed by atoms with van der Waals surface area (Å²) in [6.45, 7) is 1.40. The van der Waals surface area contributed by atoms with Crippen LogP contribution in [0, 0.1) is 5.41 Å². The van der Waals surface area contributed by atoms with Crippen molar-refractivity contribution in [2.75, 3.05) is 36.7 Å². The summed E-state index contributed by atoms with van der Waals surface area (Å²) >= 11 is 0. The van der Waals surface area contributed by atoms with E-state index in [1.807, 2.05) is 0 Å². The number of sulfone groups is 1. The summed E-state index contributed by atoms with van der Waals surface area (Å²) in [4.78, 5) is 35.3. The summed E-state index contributed by atoms with van der Waals surface area (Å²) in [5, 5.41) is 12.1. The maximum Gasteiger partial charge on any atom is 0.327 e. The van der Waals surface area contributed by atoms with Crippen molar-refractivity contribution in [1.29, 1.82) is 5.41 Å². The Balaban J connectivity index is 1.79. The predicted molar refractivity (Wildman–Crippen MR) is 149 cm³/mol. The summed E-state index contributed by atoms with van der Waals surface area (Å²) in [6.07, 6.45) is 1.03. The van der Waals surface area contributed by atoms with Crippen LogP contribution in [0.25, 0.3) is 0 Å². The third-order valence-corrected chi connectivity index (χ3v) is 7.67. The number of nitrogens with two attached hydrogens (primary N) is 2. The average molecular weight is 569 g/mol. The van der Waals surface area contributed by atoms with E-state index in [1.165, 1.54) is 36.1 Å². The largest absolute Gasteiger partial charge is 0.435 e. The van der Waals surface area contributed by atoms with Crippen molar-refractivity contribution in [3.8, 4) is 23.4 Å². The van der Waals surface area contributed by atoms with Gasteiger partial charge in [0.25, 0.3) is 11.8 Å². The second kappa shape index (κ2) is 10.7. The zero-order valence-corrected chi connectivity index (χ0v) is 22.9. The summed E-state index contributed by atoms with van der Waals surface area (Å²) in [5.41, 5.74) is 12.5. The molecule has 0 aliphatic carbocycles. The van der Waals surface area contributed by atoms with Gasteiger partial charge >= 0.3 is 6.01 Å². The number of carbonyl (C=O) groups excluding carboxylic acids is 2. The number of amidine groups is 1. The fourth-order valence-electron chi connectivity index (χ4n) is 3.70. The Kier molecular flexibility index (Phi) is 7.51. The van der Waals surface area contributed by atoms with E-state index >= 15 is 0 Å². The summed E-state index contributed by atoms with van der Waals surface area (Å²) in [5.74, 6) is -0.951. The molecule has 2 aromatic carbocycles. The number of anilines is 3. The highest BCUT2D eigenvalue weighted by Gasteiger charge is 2.38. The first-order valence-corrected chi connectivity index (χ1v) is 13.8. The first kappa shape index (κ1) is 28.1. The van der Waals surface area contributed by atoms with Gasteiger partial charge in [0.1, 0.15) is 23.3 Å². The van der Waals surface area contributed by atoms with Gasteiger partial charge < -0.3 is 36.5 Å². The molecule has 40 heavy (non-hydrogen) atoms. The van der Waals surface area contributed by atoms with Crippen molar-refractivity contribution < 1.29 is 27.5 Å². The van der Waals surface area contributed by atoms with Crippen molar-refractivity contribution in [2.45, 2.75) is 18.2 Å². The van der Waals surface area contributed by atoms with Crippen LogP contribution < -0.4 is 31.6 Å². The number of carbonyl (C=O) groups is 2. The van der Waals surface area contributed by atoms with Gasteiger partial charge in [-0.05, 0) is 43.3 Å². The molecule has 7 N–H and O–H groups in total. The molecule has 210 valence electrons. The fraction of sp³-hybridized carbons (Fsp3) is 0.240. The maximum atomic E-state index is 12.9. The number of hydrogen-bond acceptors (Lipinski definition) is 11. The van der Waals surface area contributed by atoms with E-state index in [0.29, 0.717) is 11.1 Å². The highest BCUT2D eigenvalue weighted by Crippen LogP contribution is 2.40. The molecule has 0 spiro atoms. The van der Waals surface area contributed by atoms with Crippen molar-refractivity contribution in [3.05, 3.63) is 53.6 Å². The Hall–Kier alpha value is -4.92. The van der Waals surface area contributed by atoms with Crippen LogP contribution in [-0.4, -0.2) is 72.6 Å². The molecule has 1 aliphatic heterocycles. The number of ether oxygens (including phenoxy) is 2. The molecule has 15 heteroatoms. The third kappa shape index (κ3) is 5.88. The summed E-state index contributed by atoms with van der Waals surface area (Å²) in [6, 6.07) is 9.38. The first-order chi connectivity index (χ1) is 18.7. The third-order valence-electron chi connectivity index (χ3n) is 6.05. The molecule has 4 rings (SSSR count). The van der Waals surface area contributed by atoms with Gasteiger partial charge in [0.15, 0.2) is 21.4 Å². The predicted octanol–water partition coefficient (Wildman–Crippen LogP) is 1.79. The zero-order chi connectivity index (χ0) is 29.4. The minimum Gasteiger partial charge on any atom is -0.435 e. The van der Waals surface area contributed by atoms with Crippen LogP contribution in [0.4, 0.5) is 17.2 Å². The molecular formula is C25H28N8O6S. The molecular weight excluding hydrogens is 540 g/mol. The van der Waals surface area contributed by atoms with E-state index < -0.39 is 27.0 Å². The number of aromatic nitrogens is 2. The number of nitrogen functional groups attached to an aromatic ring is 2. The molecule has 2 unspecified atom stereocenters. The van der Waals surface area contributed by atoms with Gasteiger partial charge in [-0.2, -0.15) is 9.97 Å². The van der Waals surface area contributed by atoms with E-state index in [1.54, 1.807) is 32.3 Å². The summed E-state index contributed by atoms with van der Waals surface area (Å²) in [7, 11) is -0.372. The van der Waals surface area contributed by atoms with Crippen LogP contribution in [-0.2, 0) is 14.6 Å². The van der Waals surface area contributed by atoms with E-state index in [4.69, 9.17) is 26.4 Å². The molecule has 3 aromatic rings. The highest BCUT2D eigenvalue weighted by molar-refractivity contribution is 7.91. The summed E-state index contributed by atoms with van der Waals surface area (Å²) < 4.78 is 36.2. The average Bonchev–Trinajstić information content (AvgIpc) is 2.88. The lowest BCUT2D eigenvalue weighted by atomic mass is 10.1. The number of amides is 2. The number of benzene rings is 2. The monoisotopic (exact) mass is 568 g/mol. The van der Waals surface area contributed by atoms with Gasteiger partial charge in [-0.15, -0.1) is 0 Å². The van der Waals surface area contributed by atoms with Gasteiger partial charge in [0.2, 0.25) is 5.91 Å².